The van der Waals surface area contributed by atoms with E-state index < -0.39 is 0 Å². The molecule has 0 bridgehead atoms. The maximum atomic E-state index is 13.2. The lowest BCUT2D eigenvalue weighted by molar-refractivity contribution is 0.188. The van der Waals surface area contributed by atoms with Crippen molar-refractivity contribution in [3.8, 4) is 6.07 Å². The Labute approximate surface area is 135 Å². The van der Waals surface area contributed by atoms with Crippen molar-refractivity contribution in [3.05, 3.63) is 71.0 Å². The molecule has 0 spiro atoms. The van der Waals surface area contributed by atoms with E-state index in [1.54, 1.807) is 6.07 Å². The van der Waals surface area contributed by atoms with Crippen LogP contribution in [0.2, 0.25) is 0 Å². The first kappa shape index (κ1) is 15.7. The molecule has 0 amide bonds. The van der Waals surface area contributed by atoms with Gasteiger partial charge < -0.3 is 5.11 Å². The van der Waals surface area contributed by atoms with Gasteiger partial charge in [-0.1, -0.05) is 36.4 Å². The van der Waals surface area contributed by atoms with Crippen LogP contribution in [0.3, 0.4) is 0 Å². The molecule has 2 aromatic carbocycles. The predicted octanol–water partition coefficient (Wildman–Crippen LogP) is 2.83. The van der Waals surface area contributed by atoms with Gasteiger partial charge in [-0.3, -0.25) is 4.90 Å². The first-order valence-electron chi connectivity index (χ1n) is 7.74. The van der Waals surface area contributed by atoms with E-state index in [-0.39, 0.29) is 17.8 Å². The fourth-order valence-electron chi connectivity index (χ4n) is 3.37. The molecule has 2 aromatic rings. The highest BCUT2D eigenvalue weighted by Crippen LogP contribution is 2.35. The van der Waals surface area contributed by atoms with Crippen molar-refractivity contribution in [2.45, 2.75) is 18.4 Å². The minimum absolute atomic E-state index is 0.0992. The summed E-state index contributed by atoms with van der Waals surface area (Å²) in [5, 5.41) is 19.1. The van der Waals surface area contributed by atoms with E-state index in [0.29, 0.717) is 12.1 Å². The van der Waals surface area contributed by atoms with Gasteiger partial charge in [0.2, 0.25) is 0 Å². The summed E-state index contributed by atoms with van der Waals surface area (Å²) in [6.45, 7) is 2.27. The molecule has 0 aromatic heterocycles. The summed E-state index contributed by atoms with van der Waals surface area (Å²) in [5.74, 6) is -0.388. The van der Waals surface area contributed by atoms with Crippen molar-refractivity contribution >= 4 is 0 Å². The van der Waals surface area contributed by atoms with Crippen LogP contribution in [-0.4, -0.2) is 29.7 Å². The Morgan fingerprint density at radius 3 is 2.70 bits per heavy atom. The number of nitrogens with zero attached hydrogens (tertiary/aromatic N) is 2. The van der Waals surface area contributed by atoms with Gasteiger partial charge in [0, 0.05) is 18.5 Å². The molecule has 3 rings (SSSR count). The van der Waals surface area contributed by atoms with E-state index in [4.69, 9.17) is 5.26 Å². The second-order valence-corrected chi connectivity index (χ2v) is 6.18. The monoisotopic (exact) mass is 310 g/mol. The molecule has 1 fully saturated rings. The summed E-state index contributed by atoms with van der Waals surface area (Å²) in [6.07, 6.45) is 0.872. The third-order valence-corrected chi connectivity index (χ3v) is 4.71. The molecule has 1 atom stereocenters. The highest BCUT2D eigenvalue weighted by atomic mass is 19.1. The van der Waals surface area contributed by atoms with Gasteiger partial charge in [0.1, 0.15) is 5.82 Å². The highest BCUT2D eigenvalue weighted by molar-refractivity contribution is 5.38. The molecule has 1 heterocycles. The number of rotatable bonds is 4. The Bertz CT molecular complexity index is 726. The number of hydrogen-bond donors (Lipinski definition) is 1. The number of nitriles is 1. The molecule has 0 saturated carbocycles. The first-order chi connectivity index (χ1) is 11.2. The summed E-state index contributed by atoms with van der Waals surface area (Å²) in [5.41, 5.74) is 2.10. The van der Waals surface area contributed by atoms with E-state index in [1.165, 1.54) is 12.1 Å². The maximum absolute atomic E-state index is 13.2. The lowest BCUT2D eigenvalue weighted by Gasteiger charge is -2.28. The van der Waals surface area contributed by atoms with Crippen LogP contribution in [0.4, 0.5) is 4.39 Å². The van der Waals surface area contributed by atoms with Crippen LogP contribution in [0.15, 0.2) is 48.5 Å². The minimum Gasteiger partial charge on any atom is -0.395 e. The second-order valence-electron chi connectivity index (χ2n) is 6.18. The van der Waals surface area contributed by atoms with E-state index >= 15 is 0 Å². The summed E-state index contributed by atoms with van der Waals surface area (Å²) in [7, 11) is 0. The van der Waals surface area contributed by atoms with E-state index in [1.807, 2.05) is 18.2 Å². The van der Waals surface area contributed by atoms with Gasteiger partial charge in [0.05, 0.1) is 18.2 Å². The van der Waals surface area contributed by atoms with E-state index in [2.05, 4.69) is 23.1 Å². The Morgan fingerprint density at radius 1 is 1.22 bits per heavy atom. The second kappa shape index (κ2) is 6.49. The molecule has 4 heteroatoms. The number of benzene rings is 2. The minimum atomic E-state index is -0.388. The molecular weight excluding hydrogens is 291 g/mol. The Hall–Kier alpha value is -2.22. The van der Waals surface area contributed by atoms with Crippen molar-refractivity contribution in [3.63, 3.8) is 0 Å². The zero-order chi connectivity index (χ0) is 16.3. The molecule has 23 heavy (non-hydrogen) atoms. The van der Waals surface area contributed by atoms with Gasteiger partial charge in [-0.2, -0.15) is 5.26 Å². The van der Waals surface area contributed by atoms with Crippen molar-refractivity contribution < 1.29 is 9.50 Å². The van der Waals surface area contributed by atoms with Crippen molar-refractivity contribution in [2.24, 2.45) is 0 Å². The van der Waals surface area contributed by atoms with Gasteiger partial charge in [-0.05, 0) is 36.2 Å². The van der Waals surface area contributed by atoms with E-state index in [9.17, 15) is 9.50 Å². The largest absolute Gasteiger partial charge is 0.395 e. The van der Waals surface area contributed by atoms with Gasteiger partial charge in [0.15, 0.2) is 0 Å². The molecule has 1 N–H and O–H groups in total. The fourth-order valence-corrected chi connectivity index (χ4v) is 3.37. The van der Waals surface area contributed by atoms with Gasteiger partial charge in [-0.25, -0.2) is 4.39 Å². The number of halogens is 1. The number of hydrogen-bond acceptors (Lipinski definition) is 3. The molecule has 0 radical (unpaired) electrons. The zero-order valence-electron chi connectivity index (χ0n) is 12.9. The number of aliphatic hydroxyl groups excluding tert-OH is 1. The summed E-state index contributed by atoms with van der Waals surface area (Å²) < 4.78 is 13.2. The Kier molecular flexibility index (Phi) is 4.42. The maximum Gasteiger partial charge on any atom is 0.124 e. The SMILES string of the molecule is N#Cc1cc(F)ccc1CN1CCC(CO)(c2ccccc2)C1. The lowest BCUT2D eigenvalue weighted by atomic mass is 9.80. The molecule has 3 nitrogen and oxygen atoms in total. The van der Waals surface area contributed by atoms with Crippen molar-refractivity contribution in [1.82, 2.24) is 4.90 Å². The molecule has 1 saturated heterocycles. The van der Waals surface area contributed by atoms with Gasteiger partial charge in [-0.15, -0.1) is 0 Å². The standard InChI is InChI=1S/C19H19FN2O/c20-18-7-6-15(16(10-18)11-21)12-22-9-8-19(13-22,14-23)17-4-2-1-3-5-17/h1-7,10,23H,8-9,12-14H2. The van der Waals surface area contributed by atoms with Crippen LogP contribution in [0.25, 0.3) is 0 Å². The van der Waals surface area contributed by atoms with Gasteiger partial charge in [0.25, 0.3) is 0 Å². The smallest absolute Gasteiger partial charge is 0.124 e. The van der Waals surface area contributed by atoms with Crippen LogP contribution >= 0.6 is 0 Å². The Balaban J connectivity index is 1.79. The normalized spacial score (nSPS) is 21.3. The zero-order valence-corrected chi connectivity index (χ0v) is 12.9. The number of likely N-dealkylation sites (tertiary alicyclic amines) is 1. The van der Waals surface area contributed by atoms with Crippen LogP contribution in [0.1, 0.15) is 23.1 Å². The third-order valence-electron chi connectivity index (χ3n) is 4.71. The average Bonchev–Trinajstić information content (AvgIpc) is 3.02. The fraction of sp³-hybridized carbons (Fsp3) is 0.316. The van der Waals surface area contributed by atoms with Crippen LogP contribution in [0.5, 0.6) is 0 Å². The van der Waals surface area contributed by atoms with Crippen molar-refractivity contribution in [1.29, 1.82) is 5.26 Å². The molecule has 1 aliphatic heterocycles. The predicted molar refractivity (Wildman–Crippen MR) is 86.2 cm³/mol. The topological polar surface area (TPSA) is 47.3 Å². The van der Waals surface area contributed by atoms with E-state index in [0.717, 1.165) is 30.6 Å². The summed E-state index contributed by atoms with van der Waals surface area (Å²) >= 11 is 0. The van der Waals surface area contributed by atoms with Crippen LogP contribution in [0, 0.1) is 17.1 Å². The lowest BCUT2D eigenvalue weighted by Crippen LogP contribution is -2.34. The van der Waals surface area contributed by atoms with Crippen LogP contribution in [-0.2, 0) is 12.0 Å². The summed E-state index contributed by atoms with van der Waals surface area (Å²) in [4.78, 5) is 2.22. The molecule has 118 valence electrons. The van der Waals surface area contributed by atoms with Crippen LogP contribution < -0.4 is 0 Å². The van der Waals surface area contributed by atoms with Crippen molar-refractivity contribution in [2.75, 3.05) is 19.7 Å². The molecule has 1 unspecified atom stereocenters. The number of aliphatic hydroxyl groups is 1. The molecule has 0 aliphatic carbocycles. The average molecular weight is 310 g/mol. The molecular formula is C19H19FN2O. The highest BCUT2D eigenvalue weighted by Gasteiger charge is 2.39. The third kappa shape index (κ3) is 3.12. The first-order valence-corrected chi connectivity index (χ1v) is 7.74. The van der Waals surface area contributed by atoms with Gasteiger partial charge >= 0.3 is 0 Å². The quantitative estimate of drug-likeness (QED) is 0.944. The summed E-state index contributed by atoms with van der Waals surface area (Å²) in [6, 6.07) is 16.5. The Morgan fingerprint density at radius 2 is 2.00 bits per heavy atom. The molecule has 1 aliphatic rings.